The highest BCUT2D eigenvalue weighted by Crippen LogP contribution is 2.37. The molecule has 7 rings (SSSR count). The van der Waals surface area contributed by atoms with Gasteiger partial charge in [-0.2, -0.15) is 0 Å². The summed E-state index contributed by atoms with van der Waals surface area (Å²) in [6, 6.07) is 23.1. The number of ether oxygens (including phenoxy) is 4. The Kier molecular flexibility index (Phi) is 14.8. The lowest BCUT2D eigenvalue weighted by Crippen LogP contribution is -2.21. The van der Waals surface area contributed by atoms with Crippen molar-refractivity contribution in [2.24, 2.45) is 0 Å². The van der Waals surface area contributed by atoms with E-state index < -0.39 is 24.1 Å². The fraction of sp³-hybridized carbons (Fsp3) is 0.292. The van der Waals surface area contributed by atoms with Gasteiger partial charge in [0.2, 0.25) is 0 Å². The van der Waals surface area contributed by atoms with Gasteiger partial charge in [-0.1, -0.05) is 61.3 Å². The van der Waals surface area contributed by atoms with Crippen LogP contribution in [0.2, 0.25) is 10.0 Å². The molecule has 12 nitrogen and oxygen atoms in total. The first-order valence-corrected chi connectivity index (χ1v) is 21.5. The van der Waals surface area contributed by atoms with Crippen LogP contribution < -0.4 is 9.47 Å². The van der Waals surface area contributed by atoms with Gasteiger partial charge in [0.25, 0.3) is 0 Å². The van der Waals surface area contributed by atoms with E-state index in [1.165, 1.54) is 0 Å². The van der Waals surface area contributed by atoms with E-state index in [-0.39, 0.29) is 12.8 Å². The van der Waals surface area contributed by atoms with Crippen molar-refractivity contribution in [1.29, 1.82) is 0 Å². The number of aromatic nitrogens is 4. The lowest BCUT2D eigenvalue weighted by Gasteiger charge is -2.16. The summed E-state index contributed by atoms with van der Waals surface area (Å²) in [5.41, 5.74) is 8.82. The number of aromatic amines is 2. The van der Waals surface area contributed by atoms with E-state index in [1.807, 2.05) is 111 Å². The molecule has 322 valence electrons. The maximum Gasteiger partial charge on any atom is 0.305 e. The van der Waals surface area contributed by atoms with Crippen LogP contribution in [0.5, 0.6) is 11.5 Å². The summed E-state index contributed by atoms with van der Waals surface area (Å²) in [5, 5.41) is 19.5. The minimum atomic E-state index is -0.903. The minimum Gasteiger partial charge on any atom is -0.493 e. The van der Waals surface area contributed by atoms with Gasteiger partial charge in [-0.25, -0.2) is 9.97 Å². The number of hydrogen-bond acceptors (Lipinski definition) is 8. The lowest BCUT2D eigenvalue weighted by atomic mass is 10.0. The lowest BCUT2D eigenvalue weighted by molar-refractivity contribution is -0.141. The van der Waals surface area contributed by atoms with E-state index in [2.05, 4.69) is 9.97 Å². The molecule has 0 amide bonds. The molecule has 3 aromatic heterocycles. The van der Waals surface area contributed by atoms with Crippen LogP contribution in [0.1, 0.15) is 75.1 Å². The van der Waals surface area contributed by atoms with Gasteiger partial charge in [0.1, 0.15) is 11.5 Å². The molecule has 8 bridgehead atoms. The predicted molar refractivity (Wildman–Crippen MR) is 245 cm³/mol. The molecule has 14 heteroatoms. The highest BCUT2D eigenvalue weighted by Gasteiger charge is 2.19. The van der Waals surface area contributed by atoms with Crippen molar-refractivity contribution in [2.75, 3.05) is 26.4 Å². The number of halogens is 2. The molecule has 0 aliphatic carbocycles. The molecule has 0 fully saturated rings. The Labute approximate surface area is 369 Å². The van der Waals surface area contributed by atoms with Crippen molar-refractivity contribution in [3.05, 3.63) is 106 Å². The van der Waals surface area contributed by atoms with E-state index in [0.29, 0.717) is 94.6 Å². The average Bonchev–Trinajstić information content (AvgIpc) is 4.11. The summed E-state index contributed by atoms with van der Waals surface area (Å²) < 4.78 is 23.5. The molecule has 0 spiro atoms. The van der Waals surface area contributed by atoms with Gasteiger partial charge in [-0.05, 0) is 96.8 Å². The number of rotatable bonds is 20. The zero-order chi connectivity index (χ0) is 43.6. The molecule has 5 heterocycles. The summed E-state index contributed by atoms with van der Waals surface area (Å²) in [5.74, 6) is -0.527. The molecule has 62 heavy (non-hydrogen) atoms. The Bertz CT molecular complexity index is 2440. The third kappa shape index (κ3) is 10.9. The van der Waals surface area contributed by atoms with Crippen LogP contribution in [0.4, 0.5) is 0 Å². The number of carboxylic acids is 2. The molecular formula is C48H48Cl2N4O8. The van der Waals surface area contributed by atoms with Crippen molar-refractivity contribution in [2.45, 2.75) is 64.6 Å². The highest BCUT2D eigenvalue weighted by molar-refractivity contribution is 6.36. The van der Waals surface area contributed by atoms with Crippen LogP contribution in [0.3, 0.4) is 0 Å². The Morgan fingerprint density at radius 2 is 0.919 bits per heavy atom. The topological polar surface area (TPSA) is 169 Å². The number of nitrogens with one attached hydrogen (secondary N) is 2. The van der Waals surface area contributed by atoms with Crippen LogP contribution in [-0.4, -0.2) is 80.7 Å². The summed E-state index contributed by atoms with van der Waals surface area (Å²) in [7, 11) is 0. The fourth-order valence-electron chi connectivity index (χ4n) is 7.24. The van der Waals surface area contributed by atoms with Crippen molar-refractivity contribution >= 4 is 81.5 Å². The first-order chi connectivity index (χ1) is 30.1. The van der Waals surface area contributed by atoms with E-state index in [0.717, 1.165) is 46.1 Å². The first-order valence-electron chi connectivity index (χ1n) is 20.7. The van der Waals surface area contributed by atoms with Crippen LogP contribution in [-0.2, 0) is 19.1 Å². The maximum absolute atomic E-state index is 11.3. The molecule has 5 aromatic rings. The molecule has 2 atom stereocenters. The van der Waals surface area contributed by atoms with Gasteiger partial charge in [0.15, 0.2) is 0 Å². The van der Waals surface area contributed by atoms with E-state index in [1.54, 1.807) is 0 Å². The number of nitrogens with zero attached hydrogens (tertiary/aromatic N) is 2. The molecule has 2 aliphatic heterocycles. The zero-order valence-corrected chi connectivity index (χ0v) is 36.0. The average molecular weight is 880 g/mol. The van der Waals surface area contributed by atoms with Gasteiger partial charge in [0.05, 0.1) is 82.1 Å². The number of H-pyrrole nitrogens is 2. The molecular weight excluding hydrogens is 831 g/mol. The van der Waals surface area contributed by atoms with Crippen LogP contribution >= 0.6 is 23.2 Å². The number of fused-ring (bicyclic) bond motifs is 8. The zero-order valence-electron chi connectivity index (χ0n) is 34.5. The van der Waals surface area contributed by atoms with Crippen molar-refractivity contribution in [3.8, 4) is 33.8 Å². The Hall–Kier alpha value is -5.92. The molecule has 2 aliphatic rings. The van der Waals surface area contributed by atoms with Crippen molar-refractivity contribution in [3.63, 3.8) is 0 Å². The molecule has 0 saturated carbocycles. The normalized spacial score (nSPS) is 13.0. The largest absolute Gasteiger partial charge is 0.493 e. The second-order valence-corrected chi connectivity index (χ2v) is 15.6. The third-order valence-corrected chi connectivity index (χ3v) is 11.0. The smallest absolute Gasteiger partial charge is 0.305 e. The second kappa shape index (κ2) is 20.8. The number of carbonyl (C=O) groups is 2. The van der Waals surface area contributed by atoms with E-state index in [4.69, 9.17) is 52.1 Å². The van der Waals surface area contributed by atoms with Crippen molar-refractivity contribution in [1.82, 2.24) is 19.9 Å². The number of hydrogen-bond donors (Lipinski definition) is 4. The van der Waals surface area contributed by atoms with Crippen LogP contribution in [0.25, 0.3) is 68.6 Å². The number of carboxylic acid groups (broad SMARTS) is 2. The van der Waals surface area contributed by atoms with Crippen LogP contribution in [0.15, 0.2) is 72.8 Å². The van der Waals surface area contributed by atoms with Crippen molar-refractivity contribution < 1.29 is 38.7 Å². The van der Waals surface area contributed by atoms with Gasteiger partial charge in [-0.15, -0.1) is 0 Å². The second-order valence-electron chi connectivity index (χ2n) is 14.9. The fourth-order valence-corrected chi connectivity index (χ4v) is 7.67. The van der Waals surface area contributed by atoms with Gasteiger partial charge in [-0.3, -0.25) is 9.59 Å². The Morgan fingerprint density at radius 3 is 1.29 bits per heavy atom. The first kappa shape index (κ1) is 44.1. The Balaban J connectivity index is 1.22. The van der Waals surface area contributed by atoms with Gasteiger partial charge >= 0.3 is 11.9 Å². The number of aliphatic carboxylic acids is 2. The van der Waals surface area contributed by atoms with Gasteiger partial charge < -0.3 is 39.1 Å². The molecule has 0 saturated heterocycles. The van der Waals surface area contributed by atoms with E-state index in [9.17, 15) is 19.8 Å². The summed E-state index contributed by atoms with van der Waals surface area (Å²) in [4.78, 5) is 39.7. The Morgan fingerprint density at radius 1 is 0.548 bits per heavy atom. The highest BCUT2D eigenvalue weighted by atomic mass is 35.5. The standard InChI is InChI=1S/C48H48Cl2N4O8/c1-3-23-59-33(27-43(55)56)21-25-61-31-9-5-29(6-10-31)45-35-13-17-39(51-35)47(49)41-19-15-37(53-41)46(38-16-20-42(54-38)48(50)40-18-14-36(45)52-40)30-7-11-32(12-8-30)62-26-22-34(28-44(57)58)60-24-4-2/h5-20,33-34,51,54H,3-4,21-28H2,1-2H3,(H,55,56)(H,57,58). The minimum absolute atomic E-state index is 0.0763. The number of benzene rings is 2. The monoisotopic (exact) mass is 878 g/mol. The maximum atomic E-state index is 11.3. The van der Waals surface area contributed by atoms with Crippen LogP contribution in [0, 0.1) is 0 Å². The quantitative estimate of drug-likeness (QED) is 0.0578. The van der Waals surface area contributed by atoms with E-state index >= 15 is 0 Å². The third-order valence-electron chi connectivity index (χ3n) is 10.2. The predicted octanol–water partition coefficient (Wildman–Crippen LogP) is 11.4. The molecule has 2 unspecified atom stereocenters. The van der Waals surface area contributed by atoms with Gasteiger partial charge in [0, 0.05) is 48.2 Å². The summed E-state index contributed by atoms with van der Waals surface area (Å²) in [6.07, 6.45) is 9.15. The SMILES string of the molecule is CCCOC(CCOc1ccc(-c2c3nc(c(Cl)c4ccc([nH]4)c(-c4ccc(OCCC(CC(=O)O)OCCC)cc4)c4nc(c(Cl)c5ccc2[nH]5)C=C4)C=C3)cc1)CC(=O)O. The molecule has 4 N–H and O–H groups in total. The summed E-state index contributed by atoms with van der Waals surface area (Å²) in [6.45, 7) is 5.57. The summed E-state index contributed by atoms with van der Waals surface area (Å²) >= 11 is 14.2. The molecule has 2 aromatic carbocycles. The molecule has 0 radical (unpaired) electrons.